The van der Waals surface area contributed by atoms with Crippen molar-refractivity contribution >= 4 is 5.91 Å². The van der Waals surface area contributed by atoms with E-state index in [-0.39, 0.29) is 12.0 Å². The molecule has 3 rings (SSSR count). The van der Waals surface area contributed by atoms with Gasteiger partial charge < -0.3 is 18.6 Å². The van der Waals surface area contributed by atoms with E-state index in [4.69, 9.17) is 13.7 Å². The molecule has 1 aliphatic heterocycles. The third kappa shape index (κ3) is 4.08. The first-order valence-corrected chi connectivity index (χ1v) is 8.47. The smallest absolute Gasteiger partial charge is 0.275 e. The van der Waals surface area contributed by atoms with Crippen LogP contribution in [0.1, 0.15) is 41.0 Å². The largest absolute Gasteiger partial charge is 0.447 e. The monoisotopic (exact) mass is 348 g/mol. The lowest BCUT2D eigenvalue weighted by molar-refractivity contribution is 0.0778. The van der Waals surface area contributed by atoms with E-state index in [1.165, 1.54) is 6.26 Å². The van der Waals surface area contributed by atoms with Crippen LogP contribution < -0.4 is 0 Å². The van der Waals surface area contributed by atoms with Crippen molar-refractivity contribution in [3.8, 4) is 0 Å². The number of methoxy groups -OCH3 is 1. The number of rotatable bonds is 7. The van der Waals surface area contributed by atoms with Crippen LogP contribution in [0.3, 0.4) is 0 Å². The van der Waals surface area contributed by atoms with E-state index in [0.717, 1.165) is 37.2 Å². The van der Waals surface area contributed by atoms with Crippen molar-refractivity contribution in [3.63, 3.8) is 0 Å². The van der Waals surface area contributed by atoms with Crippen molar-refractivity contribution in [1.82, 2.24) is 19.9 Å². The maximum absolute atomic E-state index is 12.5. The molecule has 1 atom stereocenters. The van der Waals surface area contributed by atoms with Gasteiger partial charge in [-0.2, -0.15) is 0 Å². The van der Waals surface area contributed by atoms with Gasteiger partial charge in [0.25, 0.3) is 5.91 Å². The summed E-state index contributed by atoms with van der Waals surface area (Å²) < 4.78 is 15.8. The summed E-state index contributed by atoms with van der Waals surface area (Å²) in [5, 5.41) is 3.93. The molecule has 8 heteroatoms. The SMILES string of the molecule is CCc1nocc1CN(C)C(=O)c1coc(CN2CC[C@@H](OC)C2)n1. The first-order chi connectivity index (χ1) is 12.1. The Kier molecular flexibility index (Phi) is 5.50. The zero-order valence-electron chi connectivity index (χ0n) is 14.9. The predicted molar refractivity (Wildman–Crippen MR) is 88.9 cm³/mol. The molecule has 0 unspecified atom stereocenters. The van der Waals surface area contributed by atoms with Gasteiger partial charge in [-0.3, -0.25) is 9.69 Å². The fourth-order valence-corrected chi connectivity index (χ4v) is 3.03. The van der Waals surface area contributed by atoms with Gasteiger partial charge in [0, 0.05) is 32.8 Å². The number of hydrogen-bond acceptors (Lipinski definition) is 7. The molecule has 136 valence electrons. The lowest BCUT2D eigenvalue weighted by Crippen LogP contribution is -2.27. The fourth-order valence-electron chi connectivity index (χ4n) is 3.03. The van der Waals surface area contributed by atoms with E-state index in [9.17, 15) is 4.79 Å². The lowest BCUT2D eigenvalue weighted by atomic mass is 10.2. The van der Waals surface area contributed by atoms with Crippen molar-refractivity contribution < 1.29 is 18.5 Å². The van der Waals surface area contributed by atoms with Gasteiger partial charge in [-0.1, -0.05) is 12.1 Å². The first kappa shape index (κ1) is 17.6. The van der Waals surface area contributed by atoms with Crippen LogP contribution >= 0.6 is 0 Å². The van der Waals surface area contributed by atoms with Gasteiger partial charge in [-0.05, 0) is 12.8 Å². The van der Waals surface area contributed by atoms with E-state index < -0.39 is 0 Å². The Bertz CT molecular complexity index is 711. The molecule has 25 heavy (non-hydrogen) atoms. The minimum absolute atomic E-state index is 0.186. The number of aromatic nitrogens is 2. The highest BCUT2D eigenvalue weighted by Gasteiger charge is 2.24. The molecule has 0 aromatic carbocycles. The molecule has 0 saturated carbocycles. The standard InChI is InChI=1S/C17H24N4O4/c1-4-14-12(10-25-19-14)7-20(2)17(22)15-11-24-16(18-15)9-21-6-5-13(8-21)23-3/h10-11,13H,4-9H2,1-3H3/t13-/m1/s1. The second kappa shape index (κ2) is 7.79. The molecule has 0 spiro atoms. The summed E-state index contributed by atoms with van der Waals surface area (Å²) in [5.74, 6) is 0.363. The number of amides is 1. The van der Waals surface area contributed by atoms with Crippen LogP contribution in [0.4, 0.5) is 0 Å². The van der Waals surface area contributed by atoms with Crippen molar-refractivity contribution in [2.45, 2.75) is 39.0 Å². The van der Waals surface area contributed by atoms with Gasteiger partial charge in [0.1, 0.15) is 12.5 Å². The summed E-state index contributed by atoms with van der Waals surface area (Å²) >= 11 is 0. The van der Waals surface area contributed by atoms with E-state index in [1.807, 2.05) is 6.92 Å². The number of hydrogen-bond donors (Lipinski definition) is 0. The van der Waals surface area contributed by atoms with Gasteiger partial charge in [-0.25, -0.2) is 4.98 Å². The maximum atomic E-state index is 12.5. The number of nitrogens with zero attached hydrogens (tertiary/aromatic N) is 4. The molecule has 1 fully saturated rings. The molecular formula is C17H24N4O4. The van der Waals surface area contributed by atoms with Crippen molar-refractivity contribution in [2.24, 2.45) is 0 Å². The molecule has 1 amide bonds. The Morgan fingerprint density at radius 3 is 3.04 bits per heavy atom. The second-order valence-electron chi connectivity index (χ2n) is 6.31. The number of aryl methyl sites for hydroxylation is 1. The molecule has 0 aliphatic carbocycles. The molecule has 0 N–H and O–H groups in total. The maximum Gasteiger partial charge on any atom is 0.275 e. The Morgan fingerprint density at radius 2 is 2.32 bits per heavy atom. The average molecular weight is 348 g/mol. The summed E-state index contributed by atoms with van der Waals surface area (Å²) in [6, 6.07) is 0. The molecule has 8 nitrogen and oxygen atoms in total. The van der Waals surface area contributed by atoms with Crippen LogP contribution in [0, 0.1) is 0 Å². The van der Waals surface area contributed by atoms with Crippen LogP contribution in [-0.4, -0.2) is 59.2 Å². The number of carbonyl (C=O) groups excluding carboxylic acids is 1. The topological polar surface area (TPSA) is 84.8 Å². The second-order valence-corrected chi connectivity index (χ2v) is 6.31. The number of likely N-dealkylation sites (tertiary alicyclic amines) is 1. The summed E-state index contributed by atoms with van der Waals surface area (Å²) in [5.41, 5.74) is 2.08. The van der Waals surface area contributed by atoms with E-state index in [2.05, 4.69) is 15.0 Å². The van der Waals surface area contributed by atoms with Gasteiger partial charge in [0.15, 0.2) is 5.69 Å². The normalized spacial score (nSPS) is 18.0. The van der Waals surface area contributed by atoms with Gasteiger partial charge in [0.2, 0.25) is 5.89 Å². The summed E-state index contributed by atoms with van der Waals surface area (Å²) in [6.07, 6.45) is 5.03. The van der Waals surface area contributed by atoms with Crippen LogP contribution in [0.15, 0.2) is 21.5 Å². The lowest BCUT2D eigenvalue weighted by Gasteiger charge is -2.15. The van der Waals surface area contributed by atoms with Crippen LogP contribution in [-0.2, 0) is 24.2 Å². The van der Waals surface area contributed by atoms with E-state index in [0.29, 0.717) is 24.7 Å². The molecular weight excluding hydrogens is 324 g/mol. The van der Waals surface area contributed by atoms with Gasteiger partial charge in [0.05, 0.1) is 24.9 Å². The molecule has 0 radical (unpaired) electrons. The quantitative estimate of drug-likeness (QED) is 0.753. The third-order valence-electron chi connectivity index (χ3n) is 4.51. The van der Waals surface area contributed by atoms with Crippen molar-refractivity contribution in [2.75, 3.05) is 27.2 Å². The average Bonchev–Trinajstić information content (AvgIpc) is 3.35. The fraction of sp³-hybridized carbons (Fsp3) is 0.588. The molecule has 1 aliphatic rings. The Hall–Kier alpha value is -2.19. The van der Waals surface area contributed by atoms with Crippen molar-refractivity contribution in [3.05, 3.63) is 35.4 Å². The van der Waals surface area contributed by atoms with Crippen LogP contribution in [0.25, 0.3) is 0 Å². The Balaban J connectivity index is 1.58. The number of ether oxygens (including phenoxy) is 1. The summed E-state index contributed by atoms with van der Waals surface area (Å²) in [6.45, 7) is 4.81. The van der Waals surface area contributed by atoms with Crippen molar-refractivity contribution in [1.29, 1.82) is 0 Å². The Morgan fingerprint density at radius 1 is 1.48 bits per heavy atom. The third-order valence-corrected chi connectivity index (χ3v) is 4.51. The highest BCUT2D eigenvalue weighted by Crippen LogP contribution is 2.16. The number of carbonyl (C=O) groups is 1. The predicted octanol–water partition coefficient (Wildman–Crippen LogP) is 1.72. The van der Waals surface area contributed by atoms with E-state index >= 15 is 0 Å². The first-order valence-electron chi connectivity index (χ1n) is 8.47. The van der Waals surface area contributed by atoms with Gasteiger partial charge >= 0.3 is 0 Å². The van der Waals surface area contributed by atoms with Gasteiger partial charge in [-0.15, -0.1) is 0 Å². The minimum atomic E-state index is -0.186. The zero-order valence-corrected chi connectivity index (χ0v) is 14.9. The highest BCUT2D eigenvalue weighted by molar-refractivity contribution is 5.91. The minimum Gasteiger partial charge on any atom is -0.447 e. The molecule has 2 aromatic rings. The number of oxazole rings is 1. The molecule has 0 bridgehead atoms. The van der Waals surface area contributed by atoms with Crippen LogP contribution in [0.2, 0.25) is 0 Å². The zero-order chi connectivity index (χ0) is 17.8. The Labute approximate surface area is 146 Å². The molecule has 1 saturated heterocycles. The summed E-state index contributed by atoms with van der Waals surface area (Å²) in [7, 11) is 3.46. The highest BCUT2D eigenvalue weighted by atomic mass is 16.5. The molecule has 3 heterocycles. The molecule has 2 aromatic heterocycles. The van der Waals surface area contributed by atoms with Crippen LogP contribution in [0.5, 0.6) is 0 Å². The van der Waals surface area contributed by atoms with E-state index in [1.54, 1.807) is 25.3 Å². The summed E-state index contributed by atoms with van der Waals surface area (Å²) in [4.78, 5) is 20.7.